The molecule has 0 bridgehead atoms. The van der Waals surface area contributed by atoms with Crippen molar-refractivity contribution in [1.82, 2.24) is 14.9 Å². The summed E-state index contributed by atoms with van der Waals surface area (Å²) in [6.07, 6.45) is 3.59. The number of aromatic amines is 1. The van der Waals surface area contributed by atoms with Gasteiger partial charge in [-0.2, -0.15) is 0 Å². The Bertz CT molecular complexity index is 1050. The number of carbonyl (C=O) groups is 1. The average molecular weight is 363 g/mol. The molecule has 1 aliphatic heterocycles. The Balaban J connectivity index is 0.00000102. The molecule has 1 amide bonds. The number of aryl methyl sites for hydroxylation is 1. The summed E-state index contributed by atoms with van der Waals surface area (Å²) < 4.78 is 2.06. The minimum absolute atomic E-state index is 0.0669. The minimum atomic E-state index is -0.756. The predicted octanol–water partition coefficient (Wildman–Crippen LogP) is 3.50. The molecule has 1 aliphatic rings. The van der Waals surface area contributed by atoms with Crippen LogP contribution in [-0.2, 0) is 17.3 Å². The lowest BCUT2D eigenvalue weighted by Crippen LogP contribution is -2.49. The number of H-pyrrole nitrogens is 1. The smallest absolute Gasteiger partial charge is 0.252 e. The van der Waals surface area contributed by atoms with Crippen LogP contribution in [0.1, 0.15) is 25.3 Å². The van der Waals surface area contributed by atoms with Crippen molar-refractivity contribution >= 4 is 16.8 Å². The number of nitrogens with one attached hydrogen (secondary N) is 2. The van der Waals surface area contributed by atoms with Crippen molar-refractivity contribution in [3.63, 3.8) is 0 Å². The number of fused-ring (bicyclic) bond motifs is 1. The summed E-state index contributed by atoms with van der Waals surface area (Å²) in [5.41, 5.74) is 2.46. The molecule has 0 radical (unpaired) electrons. The molecule has 1 fully saturated rings. The van der Waals surface area contributed by atoms with Crippen molar-refractivity contribution in [3.05, 3.63) is 71.7 Å². The van der Waals surface area contributed by atoms with Crippen LogP contribution in [0.3, 0.4) is 0 Å². The van der Waals surface area contributed by atoms with Gasteiger partial charge in [0.2, 0.25) is 5.91 Å². The standard InChI is InChI=1S/C20H21N3O2.C2H4/c1-20(9-3-10-21-19(20)25)15-5-6-16(22-18(15)24)13-4-7-17-14(12-13)8-11-23(17)2;1-2/h4-8,11-12H,3,9-10H2,1-2H3,(H,21,25)(H,22,24);1-2H2/t20-;/m1./s1. The maximum Gasteiger partial charge on any atom is 0.252 e. The zero-order valence-electron chi connectivity index (χ0n) is 15.8. The fraction of sp³-hybridized carbons (Fsp3) is 0.273. The van der Waals surface area contributed by atoms with E-state index >= 15 is 0 Å². The number of amides is 1. The van der Waals surface area contributed by atoms with Gasteiger partial charge in [-0.1, -0.05) is 12.1 Å². The van der Waals surface area contributed by atoms with Crippen LogP contribution >= 0.6 is 0 Å². The third-order valence-electron chi connectivity index (χ3n) is 5.34. The van der Waals surface area contributed by atoms with Crippen LogP contribution in [0.25, 0.3) is 22.2 Å². The number of pyridine rings is 1. The van der Waals surface area contributed by atoms with Crippen molar-refractivity contribution < 1.29 is 4.79 Å². The number of hydrogen-bond donors (Lipinski definition) is 2. The molecule has 5 heteroatoms. The molecular weight excluding hydrogens is 338 g/mol. The average Bonchev–Trinajstić information content (AvgIpc) is 3.06. The van der Waals surface area contributed by atoms with Crippen molar-refractivity contribution in [2.45, 2.75) is 25.2 Å². The molecule has 0 spiro atoms. The molecule has 4 rings (SSSR count). The van der Waals surface area contributed by atoms with Gasteiger partial charge in [0.05, 0.1) is 5.41 Å². The summed E-state index contributed by atoms with van der Waals surface area (Å²) >= 11 is 0. The van der Waals surface area contributed by atoms with Crippen LogP contribution in [-0.4, -0.2) is 22.0 Å². The summed E-state index contributed by atoms with van der Waals surface area (Å²) in [6, 6.07) is 11.9. The molecule has 2 N–H and O–H groups in total. The fourth-order valence-electron chi connectivity index (χ4n) is 3.74. The monoisotopic (exact) mass is 363 g/mol. The largest absolute Gasteiger partial charge is 0.355 e. The zero-order valence-corrected chi connectivity index (χ0v) is 15.8. The molecule has 5 nitrogen and oxygen atoms in total. The summed E-state index contributed by atoms with van der Waals surface area (Å²) in [4.78, 5) is 28.0. The van der Waals surface area contributed by atoms with Gasteiger partial charge in [-0.05, 0) is 49.6 Å². The first-order valence-electron chi connectivity index (χ1n) is 9.07. The lowest BCUT2D eigenvalue weighted by atomic mass is 9.76. The lowest BCUT2D eigenvalue weighted by Gasteiger charge is -2.32. The van der Waals surface area contributed by atoms with Crippen molar-refractivity contribution in [2.24, 2.45) is 7.05 Å². The van der Waals surface area contributed by atoms with E-state index in [-0.39, 0.29) is 11.5 Å². The quantitative estimate of drug-likeness (QED) is 0.684. The Morgan fingerprint density at radius 3 is 2.59 bits per heavy atom. The van der Waals surface area contributed by atoms with Crippen molar-refractivity contribution in [1.29, 1.82) is 0 Å². The topological polar surface area (TPSA) is 66.9 Å². The lowest BCUT2D eigenvalue weighted by molar-refractivity contribution is -0.128. The minimum Gasteiger partial charge on any atom is -0.355 e. The number of benzene rings is 1. The first-order valence-corrected chi connectivity index (χ1v) is 9.07. The Morgan fingerprint density at radius 1 is 1.11 bits per heavy atom. The fourth-order valence-corrected chi connectivity index (χ4v) is 3.74. The summed E-state index contributed by atoms with van der Waals surface area (Å²) in [6.45, 7) is 8.53. The molecule has 27 heavy (non-hydrogen) atoms. The van der Waals surface area contributed by atoms with Crippen LogP contribution in [0.15, 0.2) is 60.5 Å². The van der Waals surface area contributed by atoms with Crippen LogP contribution in [0.5, 0.6) is 0 Å². The van der Waals surface area contributed by atoms with E-state index in [2.05, 4.69) is 40.2 Å². The Hall–Kier alpha value is -3.08. The molecule has 3 heterocycles. The van der Waals surface area contributed by atoms with Gasteiger partial charge in [0.15, 0.2) is 0 Å². The normalized spacial score (nSPS) is 19.3. The molecule has 0 aliphatic carbocycles. The highest BCUT2D eigenvalue weighted by Crippen LogP contribution is 2.30. The molecule has 1 atom stereocenters. The van der Waals surface area contributed by atoms with E-state index < -0.39 is 5.41 Å². The third kappa shape index (κ3) is 3.21. The van der Waals surface area contributed by atoms with E-state index in [1.54, 1.807) is 6.07 Å². The summed E-state index contributed by atoms with van der Waals surface area (Å²) in [7, 11) is 2.01. The van der Waals surface area contributed by atoms with Crippen LogP contribution in [0, 0.1) is 0 Å². The molecule has 0 unspecified atom stereocenters. The highest BCUT2D eigenvalue weighted by atomic mass is 16.2. The van der Waals surface area contributed by atoms with Gasteiger partial charge in [0, 0.05) is 41.9 Å². The predicted molar refractivity (Wildman–Crippen MR) is 110 cm³/mol. The maximum atomic E-state index is 12.7. The van der Waals surface area contributed by atoms with E-state index in [9.17, 15) is 9.59 Å². The van der Waals surface area contributed by atoms with Gasteiger partial charge in [-0.25, -0.2) is 0 Å². The van der Waals surface area contributed by atoms with Crippen molar-refractivity contribution in [2.75, 3.05) is 6.54 Å². The second kappa shape index (κ2) is 7.27. The molecule has 1 saturated heterocycles. The highest BCUT2D eigenvalue weighted by molar-refractivity contribution is 5.88. The Labute approximate surface area is 158 Å². The van der Waals surface area contributed by atoms with Gasteiger partial charge in [0.25, 0.3) is 5.56 Å². The van der Waals surface area contributed by atoms with E-state index in [0.717, 1.165) is 28.6 Å². The first kappa shape index (κ1) is 18.7. The number of nitrogens with zero attached hydrogens (tertiary/aromatic N) is 1. The molecule has 3 aromatic rings. The summed E-state index contributed by atoms with van der Waals surface area (Å²) in [5.74, 6) is -0.0669. The second-order valence-electron chi connectivity index (χ2n) is 7.01. The highest BCUT2D eigenvalue weighted by Gasteiger charge is 2.39. The van der Waals surface area contributed by atoms with Crippen molar-refractivity contribution in [3.8, 4) is 11.3 Å². The van der Waals surface area contributed by atoms with Gasteiger partial charge < -0.3 is 14.9 Å². The molecular formula is C22H25N3O2. The van der Waals surface area contributed by atoms with Gasteiger partial charge in [-0.15, -0.1) is 13.2 Å². The second-order valence-corrected chi connectivity index (χ2v) is 7.01. The molecule has 1 aromatic carbocycles. The van der Waals surface area contributed by atoms with Crippen LogP contribution < -0.4 is 10.9 Å². The van der Waals surface area contributed by atoms with E-state index in [1.807, 2.05) is 38.4 Å². The molecule has 0 saturated carbocycles. The van der Waals surface area contributed by atoms with E-state index in [0.29, 0.717) is 18.5 Å². The number of piperidine rings is 1. The number of rotatable bonds is 2. The number of hydrogen-bond acceptors (Lipinski definition) is 2. The van der Waals surface area contributed by atoms with Gasteiger partial charge in [-0.3, -0.25) is 9.59 Å². The van der Waals surface area contributed by atoms with Gasteiger partial charge >= 0.3 is 0 Å². The zero-order chi connectivity index (χ0) is 19.6. The van der Waals surface area contributed by atoms with Crippen LogP contribution in [0.2, 0.25) is 0 Å². The molecule has 140 valence electrons. The third-order valence-corrected chi connectivity index (χ3v) is 5.34. The first-order chi connectivity index (χ1) is 13.0. The van der Waals surface area contributed by atoms with Crippen LogP contribution in [0.4, 0.5) is 0 Å². The summed E-state index contributed by atoms with van der Waals surface area (Å²) in [5, 5.41) is 4.00. The Morgan fingerprint density at radius 2 is 1.89 bits per heavy atom. The Kier molecular flexibility index (Phi) is 5.04. The van der Waals surface area contributed by atoms with E-state index in [4.69, 9.17) is 0 Å². The van der Waals surface area contributed by atoms with E-state index in [1.165, 1.54) is 0 Å². The number of aromatic nitrogens is 2. The van der Waals surface area contributed by atoms with Gasteiger partial charge in [0.1, 0.15) is 0 Å². The maximum absolute atomic E-state index is 12.7. The number of carbonyl (C=O) groups excluding carboxylic acids is 1. The SMILES string of the molecule is C=C.Cn1ccc2cc(-c3ccc([C@@]4(C)CCCNC4=O)c(=O)[nH]3)ccc21. The molecule has 2 aromatic heterocycles.